The largest absolute Gasteiger partial charge is 0.507 e. The minimum Gasteiger partial charge on any atom is -0.507 e. The Balaban J connectivity index is 2.04. The van der Waals surface area contributed by atoms with Crippen molar-refractivity contribution in [2.45, 2.75) is 12.5 Å². The number of hydrogen-bond donors (Lipinski definition) is 3. The van der Waals surface area contributed by atoms with Gasteiger partial charge < -0.3 is 15.7 Å². The van der Waals surface area contributed by atoms with E-state index in [1.807, 2.05) is 0 Å². The maximum absolute atomic E-state index is 11.7. The molecule has 1 saturated heterocycles. The first-order valence-corrected chi connectivity index (χ1v) is 5.07. The summed E-state index contributed by atoms with van der Waals surface area (Å²) in [5.41, 5.74) is 0.337. The van der Waals surface area contributed by atoms with Crippen LogP contribution >= 0.6 is 0 Å². The van der Waals surface area contributed by atoms with Crippen molar-refractivity contribution in [3.05, 3.63) is 29.8 Å². The van der Waals surface area contributed by atoms with Gasteiger partial charge in [0.15, 0.2) is 0 Å². The van der Waals surface area contributed by atoms with Gasteiger partial charge >= 0.3 is 0 Å². The number of amides is 1. The molecule has 1 fully saturated rings. The molecule has 4 heteroatoms. The number of phenolic OH excluding ortho intramolecular Hbond substituents is 1. The highest BCUT2D eigenvalue weighted by Gasteiger charge is 2.18. The van der Waals surface area contributed by atoms with Gasteiger partial charge in [-0.2, -0.15) is 0 Å². The molecule has 0 bridgehead atoms. The van der Waals surface area contributed by atoms with Gasteiger partial charge in [-0.15, -0.1) is 0 Å². The van der Waals surface area contributed by atoms with E-state index in [0.29, 0.717) is 5.56 Å². The van der Waals surface area contributed by atoms with E-state index in [0.717, 1.165) is 19.5 Å². The fourth-order valence-corrected chi connectivity index (χ4v) is 1.71. The van der Waals surface area contributed by atoms with Crippen molar-refractivity contribution in [1.82, 2.24) is 10.6 Å². The molecule has 1 aliphatic heterocycles. The zero-order valence-electron chi connectivity index (χ0n) is 8.36. The van der Waals surface area contributed by atoms with E-state index in [-0.39, 0.29) is 17.7 Å². The standard InChI is InChI=1S/C11H14N2O2/c14-10-4-2-1-3-9(10)11(15)13-8-5-6-12-7-8/h1-4,8,12,14H,5-7H2,(H,13,15). The molecule has 0 aliphatic carbocycles. The minimum atomic E-state index is -0.207. The summed E-state index contributed by atoms with van der Waals surface area (Å²) in [6, 6.07) is 6.75. The molecule has 15 heavy (non-hydrogen) atoms. The van der Waals surface area contributed by atoms with Crippen molar-refractivity contribution >= 4 is 5.91 Å². The van der Waals surface area contributed by atoms with Gasteiger partial charge in [0.1, 0.15) is 5.75 Å². The third kappa shape index (κ3) is 2.27. The average Bonchev–Trinajstić information content (AvgIpc) is 2.71. The van der Waals surface area contributed by atoms with Gasteiger partial charge in [0.25, 0.3) is 5.91 Å². The molecule has 0 radical (unpaired) electrons. The van der Waals surface area contributed by atoms with Crippen molar-refractivity contribution in [2.75, 3.05) is 13.1 Å². The third-order valence-electron chi connectivity index (χ3n) is 2.54. The van der Waals surface area contributed by atoms with Crippen LogP contribution in [0.5, 0.6) is 5.75 Å². The van der Waals surface area contributed by atoms with E-state index < -0.39 is 0 Å². The highest BCUT2D eigenvalue weighted by molar-refractivity contribution is 5.96. The number of nitrogens with one attached hydrogen (secondary N) is 2. The summed E-state index contributed by atoms with van der Waals surface area (Å²) in [7, 11) is 0. The van der Waals surface area contributed by atoms with E-state index in [1.165, 1.54) is 6.07 Å². The molecule has 1 aliphatic rings. The van der Waals surface area contributed by atoms with Crippen molar-refractivity contribution in [3.8, 4) is 5.75 Å². The fraction of sp³-hybridized carbons (Fsp3) is 0.364. The number of hydrogen-bond acceptors (Lipinski definition) is 3. The van der Waals surface area contributed by atoms with Crippen molar-refractivity contribution < 1.29 is 9.90 Å². The Bertz CT molecular complexity index is 359. The summed E-state index contributed by atoms with van der Waals surface area (Å²) in [4.78, 5) is 11.7. The number of para-hydroxylation sites is 1. The summed E-state index contributed by atoms with van der Waals surface area (Å²) in [6.45, 7) is 1.74. The quantitative estimate of drug-likeness (QED) is 0.659. The number of aromatic hydroxyl groups is 1. The zero-order chi connectivity index (χ0) is 10.7. The molecule has 1 heterocycles. The maximum Gasteiger partial charge on any atom is 0.255 e. The van der Waals surface area contributed by atoms with Crippen molar-refractivity contribution in [1.29, 1.82) is 0 Å². The Kier molecular flexibility index (Phi) is 2.87. The van der Waals surface area contributed by atoms with Gasteiger partial charge in [0.2, 0.25) is 0 Å². The second kappa shape index (κ2) is 4.31. The second-order valence-electron chi connectivity index (χ2n) is 3.68. The Morgan fingerprint density at radius 3 is 2.93 bits per heavy atom. The number of benzene rings is 1. The predicted octanol–water partition coefficient (Wildman–Crippen LogP) is 0.484. The van der Waals surface area contributed by atoms with Gasteiger partial charge in [-0.25, -0.2) is 0 Å². The number of rotatable bonds is 2. The first kappa shape index (κ1) is 9.98. The Labute approximate surface area is 88.3 Å². The highest BCUT2D eigenvalue weighted by Crippen LogP contribution is 2.15. The van der Waals surface area contributed by atoms with Crippen LogP contribution in [0.15, 0.2) is 24.3 Å². The number of phenols is 1. The molecule has 1 aromatic rings. The van der Waals surface area contributed by atoms with Gasteiger partial charge in [0, 0.05) is 12.6 Å². The Morgan fingerprint density at radius 1 is 1.47 bits per heavy atom. The minimum absolute atomic E-state index is 0.0287. The summed E-state index contributed by atoms with van der Waals surface area (Å²) in [6.07, 6.45) is 0.944. The Hall–Kier alpha value is -1.55. The van der Waals surface area contributed by atoms with Crippen LogP contribution in [-0.2, 0) is 0 Å². The summed E-state index contributed by atoms with van der Waals surface area (Å²) >= 11 is 0. The normalized spacial score (nSPS) is 20.1. The van der Waals surface area contributed by atoms with Gasteiger partial charge in [-0.1, -0.05) is 12.1 Å². The van der Waals surface area contributed by atoms with Crippen LogP contribution in [0.3, 0.4) is 0 Å². The lowest BCUT2D eigenvalue weighted by atomic mass is 10.1. The van der Waals surface area contributed by atoms with Gasteiger partial charge in [-0.3, -0.25) is 4.79 Å². The molecule has 1 atom stereocenters. The number of carbonyl (C=O) groups is 1. The molecule has 3 N–H and O–H groups in total. The monoisotopic (exact) mass is 206 g/mol. The van der Waals surface area contributed by atoms with E-state index in [2.05, 4.69) is 10.6 Å². The fourth-order valence-electron chi connectivity index (χ4n) is 1.71. The van der Waals surface area contributed by atoms with E-state index in [1.54, 1.807) is 18.2 Å². The summed E-state index contributed by atoms with van der Waals surface area (Å²) in [5, 5.41) is 15.5. The first-order valence-electron chi connectivity index (χ1n) is 5.07. The Morgan fingerprint density at radius 2 is 2.27 bits per heavy atom. The molecule has 2 rings (SSSR count). The maximum atomic E-state index is 11.7. The topological polar surface area (TPSA) is 61.4 Å². The molecule has 0 saturated carbocycles. The summed E-state index contributed by atoms with van der Waals surface area (Å²) < 4.78 is 0. The molecule has 4 nitrogen and oxygen atoms in total. The zero-order valence-corrected chi connectivity index (χ0v) is 8.36. The lowest BCUT2D eigenvalue weighted by molar-refractivity contribution is 0.0937. The molecule has 0 spiro atoms. The van der Waals surface area contributed by atoms with Gasteiger partial charge in [0.05, 0.1) is 5.56 Å². The molecular weight excluding hydrogens is 192 g/mol. The lowest BCUT2D eigenvalue weighted by Gasteiger charge is -2.11. The highest BCUT2D eigenvalue weighted by atomic mass is 16.3. The molecule has 1 aromatic carbocycles. The van der Waals surface area contributed by atoms with Gasteiger partial charge in [-0.05, 0) is 25.1 Å². The van der Waals surface area contributed by atoms with Crippen LogP contribution in [0.4, 0.5) is 0 Å². The van der Waals surface area contributed by atoms with Crippen LogP contribution in [0.2, 0.25) is 0 Å². The molecule has 1 amide bonds. The molecule has 80 valence electrons. The molecule has 1 unspecified atom stereocenters. The van der Waals surface area contributed by atoms with E-state index in [4.69, 9.17) is 0 Å². The second-order valence-corrected chi connectivity index (χ2v) is 3.68. The van der Waals surface area contributed by atoms with Crippen LogP contribution < -0.4 is 10.6 Å². The van der Waals surface area contributed by atoms with Crippen molar-refractivity contribution in [2.24, 2.45) is 0 Å². The van der Waals surface area contributed by atoms with Crippen LogP contribution in [0.1, 0.15) is 16.8 Å². The van der Waals surface area contributed by atoms with Crippen LogP contribution in [0, 0.1) is 0 Å². The SMILES string of the molecule is O=C(NC1CCNC1)c1ccccc1O. The smallest absolute Gasteiger partial charge is 0.255 e. The summed E-state index contributed by atoms with van der Waals surface area (Å²) in [5.74, 6) is -0.178. The molecular formula is C11H14N2O2. The van der Waals surface area contributed by atoms with E-state index in [9.17, 15) is 9.90 Å². The lowest BCUT2D eigenvalue weighted by Crippen LogP contribution is -2.36. The first-order chi connectivity index (χ1) is 7.27. The van der Waals surface area contributed by atoms with E-state index >= 15 is 0 Å². The third-order valence-corrected chi connectivity index (χ3v) is 2.54. The van der Waals surface area contributed by atoms with Crippen LogP contribution in [-0.4, -0.2) is 30.1 Å². The van der Waals surface area contributed by atoms with Crippen molar-refractivity contribution in [3.63, 3.8) is 0 Å². The average molecular weight is 206 g/mol. The van der Waals surface area contributed by atoms with Crippen LogP contribution in [0.25, 0.3) is 0 Å². The molecule has 0 aromatic heterocycles. The predicted molar refractivity (Wildman–Crippen MR) is 56.8 cm³/mol. The number of carbonyl (C=O) groups excluding carboxylic acids is 1.